The number of carbonyl (C=O) groups excluding carboxylic acids is 1. The second-order valence-electron chi connectivity index (χ2n) is 5.88. The SMILES string of the molecule is O=C(NC1CCCc2ccccc21)N1CCC(CO)C1. The summed E-state index contributed by atoms with van der Waals surface area (Å²) in [5.41, 5.74) is 2.63. The van der Waals surface area contributed by atoms with Crippen molar-refractivity contribution in [2.75, 3.05) is 19.7 Å². The Morgan fingerprint density at radius 2 is 2.20 bits per heavy atom. The Morgan fingerprint density at radius 1 is 1.35 bits per heavy atom. The average molecular weight is 274 g/mol. The van der Waals surface area contributed by atoms with Gasteiger partial charge in [0.15, 0.2) is 0 Å². The molecule has 3 rings (SSSR count). The first-order valence-electron chi connectivity index (χ1n) is 7.52. The second-order valence-corrected chi connectivity index (χ2v) is 5.88. The van der Waals surface area contributed by atoms with Crippen LogP contribution in [-0.4, -0.2) is 35.7 Å². The lowest BCUT2D eigenvalue weighted by molar-refractivity contribution is 0.194. The van der Waals surface area contributed by atoms with Crippen molar-refractivity contribution in [2.45, 2.75) is 31.7 Å². The molecule has 1 heterocycles. The molecule has 1 aromatic carbocycles. The van der Waals surface area contributed by atoms with Crippen LogP contribution in [0.2, 0.25) is 0 Å². The highest BCUT2D eigenvalue weighted by molar-refractivity contribution is 5.75. The maximum Gasteiger partial charge on any atom is 0.317 e. The first-order valence-corrected chi connectivity index (χ1v) is 7.52. The van der Waals surface area contributed by atoms with E-state index in [-0.39, 0.29) is 24.6 Å². The van der Waals surface area contributed by atoms with Crippen molar-refractivity contribution in [3.8, 4) is 0 Å². The van der Waals surface area contributed by atoms with E-state index < -0.39 is 0 Å². The number of nitrogens with zero attached hydrogens (tertiary/aromatic N) is 1. The third kappa shape index (κ3) is 2.66. The standard InChI is InChI=1S/C16H22N2O2/c19-11-12-8-9-18(10-12)16(20)17-15-7-3-5-13-4-1-2-6-14(13)15/h1-2,4,6,12,15,19H,3,5,7-11H2,(H,17,20). The van der Waals surface area contributed by atoms with Gasteiger partial charge in [-0.15, -0.1) is 0 Å². The molecule has 0 bridgehead atoms. The van der Waals surface area contributed by atoms with E-state index in [1.165, 1.54) is 11.1 Å². The molecular weight excluding hydrogens is 252 g/mol. The van der Waals surface area contributed by atoms with Crippen LogP contribution < -0.4 is 5.32 Å². The molecule has 0 saturated carbocycles. The van der Waals surface area contributed by atoms with Gasteiger partial charge in [-0.05, 0) is 36.8 Å². The molecule has 1 fully saturated rings. The van der Waals surface area contributed by atoms with Gasteiger partial charge in [0.2, 0.25) is 0 Å². The lowest BCUT2D eigenvalue weighted by atomic mass is 9.88. The van der Waals surface area contributed by atoms with Crippen LogP contribution >= 0.6 is 0 Å². The normalized spacial score (nSPS) is 25.4. The van der Waals surface area contributed by atoms with E-state index >= 15 is 0 Å². The molecule has 1 saturated heterocycles. The fourth-order valence-electron chi connectivity index (χ4n) is 3.31. The predicted octanol–water partition coefficient (Wildman–Crippen LogP) is 2.09. The summed E-state index contributed by atoms with van der Waals surface area (Å²) >= 11 is 0. The van der Waals surface area contributed by atoms with Gasteiger partial charge < -0.3 is 15.3 Å². The zero-order chi connectivity index (χ0) is 13.9. The van der Waals surface area contributed by atoms with Crippen LogP contribution in [0.25, 0.3) is 0 Å². The van der Waals surface area contributed by atoms with E-state index in [0.717, 1.165) is 32.2 Å². The third-order valence-electron chi connectivity index (χ3n) is 4.50. The Kier molecular flexibility index (Phi) is 3.92. The van der Waals surface area contributed by atoms with Gasteiger partial charge in [0.1, 0.15) is 0 Å². The van der Waals surface area contributed by atoms with E-state index in [4.69, 9.17) is 5.11 Å². The van der Waals surface area contributed by atoms with Crippen LogP contribution in [0.4, 0.5) is 4.79 Å². The quantitative estimate of drug-likeness (QED) is 0.867. The number of benzene rings is 1. The Bertz CT molecular complexity index is 489. The number of hydrogen-bond acceptors (Lipinski definition) is 2. The van der Waals surface area contributed by atoms with Gasteiger partial charge in [0.25, 0.3) is 0 Å². The van der Waals surface area contributed by atoms with Gasteiger partial charge in [-0.2, -0.15) is 0 Å². The molecule has 2 N–H and O–H groups in total. The van der Waals surface area contributed by atoms with Crippen molar-refractivity contribution < 1.29 is 9.90 Å². The minimum atomic E-state index is 0.0163. The summed E-state index contributed by atoms with van der Waals surface area (Å²) in [6.45, 7) is 1.61. The van der Waals surface area contributed by atoms with E-state index in [0.29, 0.717) is 6.54 Å². The van der Waals surface area contributed by atoms with E-state index in [1.807, 2.05) is 11.0 Å². The fraction of sp³-hybridized carbons (Fsp3) is 0.562. The summed E-state index contributed by atoms with van der Waals surface area (Å²) in [7, 11) is 0. The Morgan fingerprint density at radius 3 is 3.00 bits per heavy atom. The van der Waals surface area contributed by atoms with Gasteiger partial charge in [-0.1, -0.05) is 24.3 Å². The molecule has 1 aliphatic carbocycles. The molecule has 2 atom stereocenters. The van der Waals surface area contributed by atoms with Crippen LogP contribution in [0.1, 0.15) is 36.4 Å². The summed E-state index contributed by atoms with van der Waals surface area (Å²) in [5, 5.41) is 12.3. The van der Waals surface area contributed by atoms with Crippen molar-refractivity contribution in [1.29, 1.82) is 0 Å². The minimum Gasteiger partial charge on any atom is -0.396 e. The van der Waals surface area contributed by atoms with Gasteiger partial charge in [0.05, 0.1) is 6.04 Å². The van der Waals surface area contributed by atoms with Crippen LogP contribution in [0.3, 0.4) is 0 Å². The molecule has 20 heavy (non-hydrogen) atoms. The average Bonchev–Trinajstić information content (AvgIpc) is 2.97. The number of rotatable bonds is 2. The minimum absolute atomic E-state index is 0.0163. The van der Waals surface area contributed by atoms with Gasteiger partial charge in [-0.25, -0.2) is 4.79 Å². The van der Waals surface area contributed by atoms with Gasteiger partial charge in [0, 0.05) is 25.6 Å². The topological polar surface area (TPSA) is 52.6 Å². The molecule has 1 aromatic rings. The highest BCUT2D eigenvalue weighted by atomic mass is 16.3. The van der Waals surface area contributed by atoms with Crippen molar-refractivity contribution in [3.05, 3.63) is 35.4 Å². The van der Waals surface area contributed by atoms with Crippen LogP contribution in [-0.2, 0) is 6.42 Å². The Labute approximate surface area is 119 Å². The lowest BCUT2D eigenvalue weighted by Gasteiger charge is -2.28. The molecule has 4 nitrogen and oxygen atoms in total. The molecular formula is C16H22N2O2. The molecule has 2 aliphatic rings. The summed E-state index contributed by atoms with van der Waals surface area (Å²) in [6, 6.07) is 8.55. The monoisotopic (exact) mass is 274 g/mol. The van der Waals surface area contributed by atoms with Crippen molar-refractivity contribution in [3.63, 3.8) is 0 Å². The van der Waals surface area contributed by atoms with Gasteiger partial charge >= 0.3 is 6.03 Å². The number of aliphatic hydroxyl groups is 1. The summed E-state index contributed by atoms with van der Waals surface area (Å²) in [4.78, 5) is 14.1. The summed E-state index contributed by atoms with van der Waals surface area (Å²) < 4.78 is 0. The number of aryl methyl sites for hydroxylation is 1. The number of likely N-dealkylation sites (tertiary alicyclic amines) is 1. The molecule has 4 heteroatoms. The number of urea groups is 1. The number of nitrogens with one attached hydrogen (secondary N) is 1. The number of fused-ring (bicyclic) bond motifs is 1. The van der Waals surface area contributed by atoms with E-state index in [9.17, 15) is 4.79 Å². The summed E-state index contributed by atoms with van der Waals surface area (Å²) in [6.07, 6.45) is 4.16. The Hall–Kier alpha value is -1.55. The van der Waals surface area contributed by atoms with Crippen LogP contribution in [0, 0.1) is 5.92 Å². The molecule has 1 aliphatic heterocycles. The van der Waals surface area contributed by atoms with Crippen molar-refractivity contribution >= 4 is 6.03 Å². The van der Waals surface area contributed by atoms with Crippen LogP contribution in [0.5, 0.6) is 0 Å². The number of aliphatic hydroxyl groups excluding tert-OH is 1. The second kappa shape index (κ2) is 5.83. The van der Waals surface area contributed by atoms with E-state index in [2.05, 4.69) is 23.5 Å². The third-order valence-corrected chi connectivity index (χ3v) is 4.50. The summed E-state index contributed by atoms with van der Waals surface area (Å²) in [5.74, 6) is 0.249. The number of hydrogen-bond donors (Lipinski definition) is 2. The van der Waals surface area contributed by atoms with E-state index in [1.54, 1.807) is 0 Å². The predicted molar refractivity (Wildman–Crippen MR) is 77.4 cm³/mol. The smallest absolute Gasteiger partial charge is 0.317 e. The fourth-order valence-corrected chi connectivity index (χ4v) is 3.31. The first-order chi connectivity index (χ1) is 9.78. The maximum atomic E-state index is 12.3. The van der Waals surface area contributed by atoms with Crippen LogP contribution in [0.15, 0.2) is 24.3 Å². The Balaban J connectivity index is 1.65. The molecule has 2 unspecified atom stereocenters. The zero-order valence-electron chi connectivity index (χ0n) is 11.7. The number of carbonyl (C=O) groups is 1. The van der Waals surface area contributed by atoms with Gasteiger partial charge in [-0.3, -0.25) is 0 Å². The molecule has 0 aromatic heterocycles. The molecule has 0 spiro atoms. The zero-order valence-corrected chi connectivity index (χ0v) is 11.7. The first kappa shape index (κ1) is 13.4. The maximum absolute atomic E-state index is 12.3. The lowest BCUT2D eigenvalue weighted by Crippen LogP contribution is -2.41. The molecule has 108 valence electrons. The highest BCUT2D eigenvalue weighted by Crippen LogP contribution is 2.29. The highest BCUT2D eigenvalue weighted by Gasteiger charge is 2.28. The van der Waals surface area contributed by atoms with Crippen molar-refractivity contribution in [1.82, 2.24) is 10.2 Å². The number of amides is 2. The molecule has 0 radical (unpaired) electrons. The largest absolute Gasteiger partial charge is 0.396 e. The molecule has 2 amide bonds. The van der Waals surface area contributed by atoms with Crippen molar-refractivity contribution in [2.24, 2.45) is 5.92 Å².